The zero-order chi connectivity index (χ0) is 20.3. The first-order valence-corrected chi connectivity index (χ1v) is 11.0. The maximum absolute atomic E-state index is 14.4. The van der Waals surface area contributed by atoms with Crippen LogP contribution in [0.2, 0.25) is 0 Å². The van der Waals surface area contributed by atoms with Crippen LogP contribution in [-0.4, -0.2) is 19.0 Å². The maximum Gasteiger partial charge on any atom is 0.175 e. The third-order valence-electron chi connectivity index (χ3n) is 5.55. The van der Waals surface area contributed by atoms with Crippen molar-refractivity contribution >= 4 is 11.9 Å². The van der Waals surface area contributed by atoms with Gasteiger partial charge in [-0.1, -0.05) is 58.2 Å². The van der Waals surface area contributed by atoms with Crippen LogP contribution < -0.4 is 5.14 Å². The highest BCUT2D eigenvalue weighted by Gasteiger charge is 2.48. The van der Waals surface area contributed by atoms with Crippen LogP contribution in [0.3, 0.4) is 0 Å². The van der Waals surface area contributed by atoms with Gasteiger partial charge in [-0.25, -0.2) is 4.39 Å². The van der Waals surface area contributed by atoms with Gasteiger partial charge in [0.05, 0.1) is 18.0 Å². The van der Waals surface area contributed by atoms with E-state index in [2.05, 4.69) is 13.8 Å². The lowest BCUT2D eigenvalue weighted by molar-refractivity contribution is -0.318. The minimum atomic E-state index is -0.567. The average Bonchev–Trinajstić information content (AvgIpc) is 2.67. The molecule has 2 N–H and O–H groups in total. The fourth-order valence-electron chi connectivity index (χ4n) is 3.88. The van der Waals surface area contributed by atoms with E-state index in [0.29, 0.717) is 18.8 Å². The van der Waals surface area contributed by atoms with Crippen molar-refractivity contribution in [3.63, 3.8) is 0 Å². The summed E-state index contributed by atoms with van der Waals surface area (Å²) in [6, 6.07) is 5.43. The van der Waals surface area contributed by atoms with Crippen LogP contribution in [0, 0.1) is 11.2 Å². The van der Waals surface area contributed by atoms with Crippen LogP contribution in [-0.2, 0) is 14.2 Å². The fourth-order valence-corrected chi connectivity index (χ4v) is 4.17. The predicted molar refractivity (Wildman–Crippen MR) is 112 cm³/mol. The van der Waals surface area contributed by atoms with Gasteiger partial charge in [0, 0.05) is 23.3 Å². The van der Waals surface area contributed by atoms with Gasteiger partial charge in [-0.2, -0.15) is 0 Å². The Morgan fingerprint density at radius 3 is 2.37 bits per heavy atom. The summed E-state index contributed by atoms with van der Waals surface area (Å²) in [5.74, 6) is -0.637. The van der Waals surface area contributed by atoms with Crippen molar-refractivity contribution in [2.75, 3.05) is 13.2 Å². The van der Waals surface area contributed by atoms with Crippen LogP contribution in [0.4, 0.5) is 4.39 Å². The zero-order valence-electron chi connectivity index (χ0n) is 17.7. The number of benzene rings is 1. The van der Waals surface area contributed by atoms with Crippen molar-refractivity contribution in [2.45, 2.75) is 83.7 Å². The van der Waals surface area contributed by atoms with Crippen molar-refractivity contribution in [1.82, 2.24) is 0 Å². The van der Waals surface area contributed by atoms with Gasteiger partial charge >= 0.3 is 0 Å². The number of rotatable bonds is 3. The van der Waals surface area contributed by atoms with Crippen molar-refractivity contribution in [3.8, 4) is 0 Å². The first-order valence-electron chi connectivity index (χ1n) is 10.1. The first kappa shape index (κ1) is 22.7. The maximum atomic E-state index is 14.4. The molecule has 1 heterocycles. The van der Waals surface area contributed by atoms with Gasteiger partial charge in [-0.3, -0.25) is 5.14 Å². The molecular weight excluding hydrogens is 361 g/mol. The van der Waals surface area contributed by atoms with Gasteiger partial charge in [0.15, 0.2) is 5.79 Å². The Bertz CT molecular complexity index is 623. The Morgan fingerprint density at radius 2 is 1.78 bits per heavy atom. The molecule has 0 radical (unpaired) electrons. The molecule has 1 saturated heterocycles. The van der Waals surface area contributed by atoms with Crippen molar-refractivity contribution in [3.05, 3.63) is 35.1 Å². The fraction of sp³-hybridized carbons (Fsp3) is 0.727. The van der Waals surface area contributed by atoms with E-state index in [9.17, 15) is 4.39 Å². The Hall–Kier alpha value is -0.620. The third kappa shape index (κ3) is 4.87. The Balaban J connectivity index is 0.00000126. The Labute approximate surface area is 168 Å². The largest absolute Gasteiger partial charge is 0.349 e. The molecule has 3 rings (SSSR count). The number of nitrogens with two attached hydrogens (primary N) is 1. The van der Waals surface area contributed by atoms with E-state index in [1.807, 2.05) is 39.8 Å². The highest BCUT2D eigenvalue weighted by atomic mass is 32.2. The normalized spacial score (nSPS) is 24.2. The molecular formula is C22H36FNO2S. The molecule has 2 aliphatic rings. The second-order valence-corrected chi connectivity index (χ2v) is 9.98. The van der Waals surface area contributed by atoms with Crippen LogP contribution in [0.5, 0.6) is 0 Å². The quantitative estimate of drug-likeness (QED) is 0.624. The lowest BCUT2D eigenvalue weighted by atomic mass is 9.76. The number of hydrogen-bond acceptors (Lipinski definition) is 4. The number of ether oxygens (including phenoxy) is 2. The molecule has 1 aliphatic heterocycles. The Morgan fingerprint density at radius 1 is 1.15 bits per heavy atom. The minimum absolute atomic E-state index is 0.0411. The van der Waals surface area contributed by atoms with Crippen molar-refractivity contribution in [1.29, 1.82) is 0 Å². The summed E-state index contributed by atoms with van der Waals surface area (Å²) in [4.78, 5) is 0. The lowest BCUT2D eigenvalue weighted by Crippen LogP contribution is -2.52. The molecule has 1 spiro atoms. The highest BCUT2D eigenvalue weighted by molar-refractivity contribution is 7.98. The average molecular weight is 398 g/mol. The van der Waals surface area contributed by atoms with Gasteiger partial charge in [0.25, 0.3) is 0 Å². The van der Waals surface area contributed by atoms with Gasteiger partial charge in [0.1, 0.15) is 5.82 Å². The molecule has 1 atom stereocenters. The topological polar surface area (TPSA) is 44.5 Å². The number of halogens is 1. The molecule has 1 unspecified atom stereocenters. The van der Waals surface area contributed by atoms with E-state index in [4.69, 9.17) is 14.6 Å². The summed E-state index contributed by atoms with van der Waals surface area (Å²) in [6.07, 6.45) is 4.15. The van der Waals surface area contributed by atoms with Crippen LogP contribution in [0.25, 0.3) is 0 Å². The molecule has 1 aromatic rings. The lowest BCUT2D eigenvalue weighted by Gasteiger charge is -2.50. The van der Waals surface area contributed by atoms with Gasteiger partial charge in [-0.05, 0) is 38.3 Å². The van der Waals surface area contributed by atoms with E-state index in [0.717, 1.165) is 31.2 Å². The second kappa shape index (κ2) is 8.81. The monoisotopic (exact) mass is 397 g/mol. The van der Waals surface area contributed by atoms with E-state index in [-0.39, 0.29) is 17.2 Å². The van der Waals surface area contributed by atoms with E-state index in [1.54, 1.807) is 6.07 Å². The Kier molecular flexibility index (Phi) is 7.40. The first-order chi connectivity index (χ1) is 12.7. The molecule has 0 amide bonds. The molecule has 2 fully saturated rings. The predicted octanol–water partition coefficient (Wildman–Crippen LogP) is 6.12. The standard InChI is InChI=1S/C20H30FNO2S.C2H6/c1-18(2)12-23-20(24-13-18)10-6-5-7-15(20)14-8-9-17(21)16(11-14)19(3,4)25-22;1-2/h8-9,11,15H,5-7,10,12-13,22H2,1-4H3;1-2H3. The SMILES string of the molecule is CC.CC1(C)COC2(CCCCC2c2ccc(F)c(C(C)(C)SN)c2)OC1. The molecule has 154 valence electrons. The van der Waals surface area contributed by atoms with Gasteiger partial charge < -0.3 is 9.47 Å². The molecule has 1 aliphatic carbocycles. The van der Waals surface area contributed by atoms with Crippen molar-refractivity contribution in [2.24, 2.45) is 10.6 Å². The second-order valence-electron chi connectivity index (χ2n) is 8.72. The summed E-state index contributed by atoms with van der Waals surface area (Å²) < 4.78 is 26.6. The molecule has 0 aromatic heterocycles. The summed E-state index contributed by atoms with van der Waals surface area (Å²) in [7, 11) is 0. The van der Waals surface area contributed by atoms with Crippen LogP contribution >= 0.6 is 11.9 Å². The number of hydrogen-bond donors (Lipinski definition) is 1. The van der Waals surface area contributed by atoms with Gasteiger partial charge in [0.2, 0.25) is 0 Å². The highest BCUT2D eigenvalue weighted by Crippen LogP contribution is 2.48. The minimum Gasteiger partial charge on any atom is -0.349 e. The smallest absolute Gasteiger partial charge is 0.175 e. The zero-order valence-corrected chi connectivity index (χ0v) is 18.5. The molecule has 0 bridgehead atoms. The molecule has 3 nitrogen and oxygen atoms in total. The van der Waals surface area contributed by atoms with Gasteiger partial charge in [-0.15, -0.1) is 0 Å². The molecule has 1 aromatic carbocycles. The summed E-state index contributed by atoms with van der Waals surface area (Å²) in [5, 5.41) is 5.80. The van der Waals surface area contributed by atoms with E-state index >= 15 is 0 Å². The molecule has 5 heteroatoms. The summed E-state index contributed by atoms with van der Waals surface area (Å²) >= 11 is 1.17. The molecule has 27 heavy (non-hydrogen) atoms. The van der Waals surface area contributed by atoms with Crippen LogP contribution in [0.15, 0.2) is 18.2 Å². The van der Waals surface area contributed by atoms with E-state index in [1.165, 1.54) is 11.9 Å². The van der Waals surface area contributed by atoms with E-state index < -0.39 is 10.5 Å². The summed E-state index contributed by atoms with van der Waals surface area (Å²) in [6.45, 7) is 13.6. The van der Waals surface area contributed by atoms with Crippen molar-refractivity contribution < 1.29 is 13.9 Å². The summed E-state index contributed by atoms with van der Waals surface area (Å²) in [5.41, 5.74) is 1.78. The molecule has 1 saturated carbocycles. The van der Waals surface area contributed by atoms with Crippen LogP contribution in [0.1, 0.15) is 84.3 Å². The third-order valence-corrected chi connectivity index (χ3v) is 6.36.